The molecule has 2 rings (SSSR count). The molecule has 0 spiro atoms. The van der Waals surface area contributed by atoms with Crippen molar-refractivity contribution in [2.75, 3.05) is 31.1 Å². The van der Waals surface area contributed by atoms with Crippen molar-refractivity contribution in [2.45, 2.75) is 58.9 Å². The summed E-state index contributed by atoms with van der Waals surface area (Å²) >= 11 is 0. The lowest BCUT2D eigenvalue weighted by Crippen LogP contribution is -2.47. The van der Waals surface area contributed by atoms with Gasteiger partial charge in [-0.1, -0.05) is 27.2 Å². The molecular formula is C17H32N2O3S. The summed E-state index contributed by atoms with van der Waals surface area (Å²) in [6, 6.07) is 0.281. The van der Waals surface area contributed by atoms with E-state index in [0.717, 1.165) is 18.8 Å². The second kappa shape index (κ2) is 7.51. The number of sulfone groups is 1. The standard InChI is InChI=1S/C17H32N2O3S/c1-17(2,3)14-5-4-6-15(8-7-14)18-16(20)13-19-9-11-23(21,22)12-10-19/h14-15H,4-13H2,1-3H3,(H,18,20)/t14-,15+/m0/s1. The van der Waals surface area contributed by atoms with Crippen molar-refractivity contribution in [1.82, 2.24) is 10.2 Å². The Bertz CT molecular complexity index is 496. The van der Waals surface area contributed by atoms with Crippen LogP contribution in [0.2, 0.25) is 0 Å². The minimum absolute atomic E-state index is 0.0449. The van der Waals surface area contributed by atoms with E-state index in [4.69, 9.17) is 0 Å². The van der Waals surface area contributed by atoms with Gasteiger partial charge in [-0.05, 0) is 37.0 Å². The average Bonchev–Trinajstić information content (AvgIpc) is 2.66. The van der Waals surface area contributed by atoms with Crippen LogP contribution >= 0.6 is 0 Å². The first kappa shape index (κ1) is 18.7. The molecular weight excluding hydrogens is 312 g/mol. The second-order valence-corrected chi connectivity index (χ2v) is 10.6. The Morgan fingerprint density at radius 2 is 1.74 bits per heavy atom. The zero-order valence-corrected chi connectivity index (χ0v) is 15.6. The SMILES string of the molecule is CC(C)(C)[C@H]1CCC[C@@H](NC(=O)CN2CCS(=O)(=O)CC2)CC1. The van der Waals surface area contributed by atoms with Gasteiger partial charge >= 0.3 is 0 Å². The van der Waals surface area contributed by atoms with Crippen LogP contribution in [-0.4, -0.2) is 56.4 Å². The first-order valence-electron chi connectivity index (χ1n) is 8.88. The molecule has 1 aliphatic heterocycles. The van der Waals surface area contributed by atoms with Crippen LogP contribution in [-0.2, 0) is 14.6 Å². The lowest BCUT2D eigenvalue weighted by molar-refractivity contribution is -0.123. The van der Waals surface area contributed by atoms with E-state index in [1.54, 1.807) is 0 Å². The highest BCUT2D eigenvalue weighted by molar-refractivity contribution is 7.91. The number of nitrogens with zero attached hydrogens (tertiary/aromatic N) is 1. The molecule has 0 radical (unpaired) electrons. The summed E-state index contributed by atoms with van der Waals surface area (Å²) in [6.07, 6.45) is 5.72. The highest BCUT2D eigenvalue weighted by Gasteiger charge is 2.29. The number of carbonyl (C=O) groups is 1. The van der Waals surface area contributed by atoms with Crippen molar-refractivity contribution in [1.29, 1.82) is 0 Å². The third kappa shape index (κ3) is 6.07. The fourth-order valence-corrected chi connectivity index (χ4v) is 4.97. The molecule has 2 fully saturated rings. The molecule has 1 aliphatic carbocycles. The molecule has 0 bridgehead atoms. The molecule has 1 amide bonds. The minimum atomic E-state index is -2.88. The minimum Gasteiger partial charge on any atom is -0.352 e. The molecule has 1 heterocycles. The van der Waals surface area contributed by atoms with E-state index in [9.17, 15) is 13.2 Å². The van der Waals surface area contributed by atoms with Crippen molar-refractivity contribution in [3.63, 3.8) is 0 Å². The normalized spacial score (nSPS) is 29.7. The van der Waals surface area contributed by atoms with Crippen molar-refractivity contribution < 1.29 is 13.2 Å². The van der Waals surface area contributed by atoms with Crippen molar-refractivity contribution >= 4 is 15.7 Å². The maximum absolute atomic E-state index is 12.2. The molecule has 1 saturated carbocycles. The summed E-state index contributed by atoms with van der Waals surface area (Å²) in [5.41, 5.74) is 0.345. The predicted molar refractivity (Wildman–Crippen MR) is 93.1 cm³/mol. The van der Waals surface area contributed by atoms with Gasteiger partial charge in [0.2, 0.25) is 5.91 Å². The zero-order chi connectivity index (χ0) is 17.1. The van der Waals surface area contributed by atoms with Crippen molar-refractivity contribution in [3.8, 4) is 0 Å². The summed E-state index contributed by atoms with van der Waals surface area (Å²) in [4.78, 5) is 14.2. The molecule has 5 nitrogen and oxygen atoms in total. The Morgan fingerprint density at radius 3 is 2.35 bits per heavy atom. The Kier molecular flexibility index (Phi) is 6.11. The van der Waals surface area contributed by atoms with Gasteiger partial charge in [0, 0.05) is 19.1 Å². The second-order valence-electron chi connectivity index (χ2n) is 8.26. The third-order valence-corrected chi connectivity index (χ3v) is 6.97. The summed E-state index contributed by atoms with van der Waals surface area (Å²) < 4.78 is 22.8. The average molecular weight is 345 g/mol. The molecule has 23 heavy (non-hydrogen) atoms. The van der Waals surface area contributed by atoms with Crippen LogP contribution < -0.4 is 5.32 Å². The molecule has 2 atom stereocenters. The summed E-state index contributed by atoms with van der Waals surface area (Å²) in [5.74, 6) is 1.13. The quantitative estimate of drug-likeness (QED) is 0.793. The van der Waals surface area contributed by atoms with E-state index in [2.05, 4.69) is 26.1 Å². The van der Waals surface area contributed by atoms with Crippen LogP contribution in [0, 0.1) is 11.3 Å². The fourth-order valence-electron chi connectivity index (χ4n) is 3.70. The Balaban J connectivity index is 1.75. The third-order valence-electron chi connectivity index (χ3n) is 5.36. The van der Waals surface area contributed by atoms with Gasteiger partial charge < -0.3 is 5.32 Å². The van der Waals surface area contributed by atoms with Gasteiger partial charge in [-0.15, -0.1) is 0 Å². The Labute approximate surface area is 141 Å². The monoisotopic (exact) mass is 344 g/mol. The van der Waals surface area contributed by atoms with E-state index >= 15 is 0 Å². The smallest absolute Gasteiger partial charge is 0.234 e. The van der Waals surface area contributed by atoms with E-state index in [1.807, 2.05) is 4.90 Å². The number of nitrogens with one attached hydrogen (secondary N) is 1. The van der Waals surface area contributed by atoms with Crippen LogP contribution in [0.1, 0.15) is 52.9 Å². The van der Waals surface area contributed by atoms with Gasteiger partial charge in [0.25, 0.3) is 0 Å². The lowest BCUT2D eigenvalue weighted by Gasteiger charge is -2.30. The van der Waals surface area contributed by atoms with Crippen molar-refractivity contribution in [2.24, 2.45) is 11.3 Å². The highest BCUT2D eigenvalue weighted by atomic mass is 32.2. The molecule has 0 unspecified atom stereocenters. The topological polar surface area (TPSA) is 66.5 Å². The first-order chi connectivity index (χ1) is 10.7. The van der Waals surface area contributed by atoms with E-state index < -0.39 is 9.84 Å². The van der Waals surface area contributed by atoms with Gasteiger partial charge in [-0.3, -0.25) is 9.69 Å². The molecule has 0 aromatic heterocycles. The summed E-state index contributed by atoms with van der Waals surface area (Å²) in [6.45, 7) is 8.21. The van der Waals surface area contributed by atoms with Crippen LogP contribution in [0.4, 0.5) is 0 Å². The zero-order valence-electron chi connectivity index (χ0n) is 14.8. The number of hydrogen-bond acceptors (Lipinski definition) is 4. The molecule has 1 saturated heterocycles. The maximum atomic E-state index is 12.2. The fraction of sp³-hybridized carbons (Fsp3) is 0.941. The summed E-state index contributed by atoms with van der Waals surface area (Å²) in [5, 5.41) is 3.17. The molecule has 6 heteroatoms. The van der Waals surface area contributed by atoms with E-state index in [1.165, 1.54) is 19.3 Å². The summed E-state index contributed by atoms with van der Waals surface area (Å²) in [7, 11) is -2.88. The number of hydrogen-bond donors (Lipinski definition) is 1. The molecule has 0 aromatic carbocycles. The maximum Gasteiger partial charge on any atom is 0.234 e. The first-order valence-corrected chi connectivity index (χ1v) is 10.7. The van der Waals surface area contributed by atoms with Gasteiger partial charge in [-0.2, -0.15) is 0 Å². The Hall–Kier alpha value is -0.620. The van der Waals surface area contributed by atoms with Gasteiger partial charge in [-0.25, -0.2) is 8.42 Å². The van der Waals surface area contributed by atoms with Crippen LogP contribution in [0.3, 0.4) is 0 Å². The van der Waals surface area contributed by atoms with E-state index in [-0.39, 0.29) is 23.5 Å². The van der Waals surface area contributed by atoms with Gasteiger partial charge in [0.05, 0.1) is 18.1 Å². The lowest BCUT2D eigenvalue weighted by atomic mass is 9.76. The molecule has 1 N–H and O–H groups in total. The van der Waals surface area contributed by atoms with Gasteiger partial charge in [0.1, 0.15) is 0 Å². The predicted octanol–water partition coefficient (Wildman–Crippen LogP) is 1.83. The Morgan fingerprint density at radius 1 is 1.09 bits per heavy atom. The van der Waals surface area contributed by atoms with Crippen LogP contribution in [0.5, 0.6) is 0 Å². The number of carbonyl (C=O) groups excluding carboxylic acids is 1. The van der Waals surface area contributed by atoms with Crippen LogP contribution in [0.15, 0.2) is 0 Å². The van der Waals surface area contributed by atoms with E-state index in [0.29, 0.717) is 25.0 Å². The number of amides is 1. The molecule has 2 aliphatic rings. The molecule has 134 valence electrons. The highest BCUT2D eigenvalue weighted by Crippen LogP contribution is 2.36. The van der Waals surface area contributed by atoms with Gasteiger partial charge in [0.15, 0.2) is 9.84 Å². The van der Waals surface area contributed by atoms with Crippen molar-refractivity contribution in [3.05, 3.63) is 0 Å². The van der Waals surface area contributed by atoms with Crippen LogP contribution in [0.25, 0.3) is 0 Å². The number of rotatable bonds is 3. The largest absolute Gasteiger partial charge is 0.352 e. The molecule has 0 aromatic rings.